The van der Waals surface area contributed by atoms with E-state index < -0.39 is 0 Å². The molecule has 24 heavy (non-hydrogen) atoms. The summed E-state index contributed by atoms with van der Waals surface area (Å²) in [7, 11) is 2.20. The summed E-state index contributed by atoms with van der Waals surface area (Å²) in [6.07, 6.45) is 4.66. The molecule has 2 atom stereocenters. The van der Waals surface area contributed by atoms with Crippen LogP contribution in [0.3, 0.4) is 0 Å². The zero-order valence-corrected chi connectivity index (χ0v) is 14.8. The molecule has 2 aromatic carbocycles. The van der Waals surface area contributed by atoms with Gasteiger partial charge in [-0.1, -0.05) is 62.4 Å². The van der Waals surface area contributed by atoms with Crippen molar-refractivity contribution in [3.05, 3.63) is 76.8 Å². The minimum absolute atomic E-state index is 0.0981. The van der Waals surface area contributed by atoms with Crippen LogP contribution in [-0.4, -0.2) is 19.1 Å². The molecular weight excluding hydrogens is 292 g/mol. The lowest BCUT2D eigenvalue weighted by atomic mass is 9.80. The Hall–Kier alpha value is -2.35. The molecule has 0 aromatic heterocycles. The molecule has 122 valence electrons. The number of nitrogens with zero attached hydrogens (tertiary/aromatic N) is 2. The molecule has 2 aliphatic heterocycles. The molecule has 0 spiro atoms. The van der Waals surface area contributed by atoms with Crippen LogP contribution < -0.4 is 15.5 Å². The fourth-order valence-corrected chi connectivity index (χ4v) is 4.25. The van der Waals surface area contributed by atoms with Crippen LogP contribution in [0.4, 0.5) is 5.69 Å². The van der Waals surface area contributed by atoms with E-state index in [2.05, 4.69) is 93.4 Å². The van der Waals surface area contributed by atoms with E-state index in [0.29, 0.717) is 6.04 Å². The Morgan fingerprint density at radius 3 is 2.54 bits per heavy atom. The molecule has 0 saturated carbocycles. The van der Waals surface area contributed by atoms with Crippen molar-refractivity contribution in [3.8, 4) is 0 Å². The molecule has 2 heteroatoms. The number of hydrogen-bond donors (Lipinski definition) is 0. The molecule has 4 rings (SSSR count). The van der Waals surface area contributed by atoms with Crippen molar-refractivity contribution in [2.45, 2.75) is 38.3 Å². The summed E-state index contributed by atoms with van der Waals surface area (Å²) in [5.41, 5.74) is 4.19. The van der Waals surface area contributed by atoms with Gasteiger partial charge in [0.25, 0.3) is 0 Å². The fourth-order valence-electron chi connectivity index (χ4n) is 4.25. The first-order valence-electron chi connectivity index (χ1n) is 8.68. The predicted molar refractivity (Wildman–Crippen MR) is 101 cm³/mol. The van der Waals surface area contributed by atoms with Crippen LogP contribution in [0, 0.1) is 0 Å². The van der Waals surface area contributed by atoms with Gasteiger partial charge in [0.15, 0.2) is 0 Å². The Morgan fingerprint density at radius 1 is 1.04 bits per heavy atom. The van der Waals surface area contributed by atoms with Gasteiger partial charge < -0.3 is 4.90 Å². The van der Waals surface area contributed by atoms with Crippen LogP contribution in [0.5, 0.6) is 0 Å². The molecule has 2 aliphatic rings. The highest BCUT2D eigenvalue weighted by Gasteiger charge is 2.41. The van der Waals surface area contributed by atoms with Gasteiger partial charge in [-0.2, -0.15) is 0 Å². The summed E-state index contributed by atoms with van der Waals surface area (Å²) in [4.78, 5) is 7.17. The van der Waals surface area contributed by atoms with E-state index in [1.807, 2.05) is 0 Å². The van der Waals surface area contributed by atoms with E-state index in [1.54, 1.807) is 0 Å². The zero-order chi connectivity index (χ0) is 16.9. The van der Waals surface area contributed by atoms with Gasteiger partial charge in [0.05, 0.1) is 17.4 Å². The lowest BCUT2D eigenvalue weighted by molar-refractivity contribution is 0.488. The third kappa shape index (κ3) is 2.13. The molecule has 2 nitrogen and oxygen atoms in total. The maximum absolute atomic E-state index is 4.77. The summed E-state index contributed by atoms with van der Waals surface area (Å²) < 4.78 is 0. The molecule has 0 unspecified atom stereocenters. The Morgan fingerprint density at radius 2 is 1.75 bits per heavy atom. The third-order valence-electron chi connectivity index (χ3n) is 5.59. The van der Waals surface area contributed by atoms with E-state index >= 15 is 0 Å². The Bertz CT molecular complexity index is 936. The normalized spacial score (nSPS) is 24.2. The molecular formula is C22H24N2. The van der Waals surface area contributed by atoms with Crippen molar-refractivity contribution in [2.24, 2.45) is 4.99 Å². The zero-order valence-electron chi connectivity index (χ0n) is 14.8. The summed E-state index contributed by atoms with van der Waals surface area (Å²) in [6, 6.07) is 17.8. The van der Waals surface area contributed by atoms with E-state index in [4.69, 9.17) is 4.99 Å². The van der Waals surface area contributed by atoms with Crippen LogP contribution in [0.1, 0.15) is 26.3 Å². The minimum Gasteiger partial charge on any atom is -0.367 e. The first-order chi connectivity index (χ1) is 11.5. The lowest BCUT2D eigenvalue weighted by Crippen LogP contribution is -2.37. The van der Waals surface area contributed by atoms with Crippen molar-refractivity contribution < 1.29 is 0 Å². The quantitative estimate of drug-likeness (QED) is 0.831. The number of hydrogen-bond acceptors (Lipinski definition) is 2. The highest BCUT2D eigenvalue weighted by molar-refractivity contribution is 5.67. The van der Waals surface area contributed by atoms with Crippen LogP contribution in [0.2, 0.25) is 0 Å². The number of anilines is 1. The molecule has 2 heterocycles. The second-order valence-electron chi connectivity index (χ2n) is 7.43. The second-order valence-corrected chi connectivity index (χ2v) is 7.43. The minimum atomic E-state index is 0.0981. The average molecular weight is 316 g/mol. The van der Waals surface area contributed by atoms with E-state index in [1.165, 1.54) is 22.0 Å². The van der Waals surface area contributed by atoms with Crippen LogP contribution in [0.15, 0.2) is 65.7 Å². The van der Waals surface area contributed by atoms with Gasteiger partial charge in [0, 0.05) is 23.4 Å². The maximum atomic E-state index is 4.77. The first-order valence-corrected chi connectivity index (χ1v) is 8.68. The second kappa shape index (κ2) is 5.34. The Labute approximate surface area is 143 Å². The van der Waals surface area contributed by atoms with Gasteiger partial charge in [0.2, 0.25) is 0 Å². The third-order valence-corrected chi connectivity index (χ3v) is 5.59. The smallest absolute Gasteiger partial charge is 0.0734 e. The van der Waals surface area contributed by atoms with Crippen molar-refractivity contribution in [2.75, 3.05) is 11.9 Å². The maximum Gasteiger partial charge on any atom is 0.0734 e. The summed E-state index contributed by atoms with van der Waals surface area (Å²) in [6.45, 7) is 6.86. The van der Waals surface area contributed by atoms with Crippen molar-refractivity contribution in [1.82, 2.24) is 0 Å². The van der Waals surface area contributed by atoms with Crippen LogP contribution >= 0.6 is 0 Å². The van der Waals surface area contributed by atoms with Gasteiger partial charge in [-0.25, -0.2) is 0 Å². The largest absolute Gasteiger partial charge is 0.367 e. The molecule has 2 aromatic rings. The molecule has 0 saturated heterocycles. The van der Waals surface area contributed by atoms with Crippen LogP contribution in [0.25, 0.3) is 5.57 Å². The molecule has 0 amide bonds. The lowest BCUT2D eigenvalue weighted by Gasteiger charge is -2.29. The highest BCUT2D eigenvalue weighted by atomic mass is 15.2. The molecule has 0 radical (unpaired) electrons. The molecule has 0 aliphatic carbocycles. The van der Waals surface area contributed by atoms with E-state index in [9.17, 15) is 0 Å². The highest BCUT2D eigenvalue weighted by Crippen LogP contribution is 2.44. The first kappa shape index (κ1) is 15.2. The van der Waals surface area contributed by atoms with Crippen molar-refractivity contribution in [1.29, 1.82) is 0 Å². The molecule has 0 bridgehead atoms. The van der Waals surface area contributed by atoms with E-state index in [0.717, 1.165) is 5.36 Å². The SMILES string of the molecule is C[C@@H]1N=c2ccccc2=C1/C=C/[C@H]1N(C)c2ccccc2C1(C)C. The van der Waals surface area contributed by atoms with Crippen molar-refractivity contribution >= 4 is 11.3 Å². The van der Waals surface area contributed by atoms with Gasteiger partial charge in [0.1, 0.15) is 0 Å². The van der Waals surface area contributed by atoms with Crippen LogP contribution in [-0.2, 0) is 5.41 Å². The number of rotatable bonds is 2. The number of para-hydroxylation sites is 2. The summed E-state index contributed by atoms with van der Waals surface area (Å²) in [5.74, 6) is 0. The Balaban J connectivity index is 1.75. The van der Waals surface area contributed by atoms with E-state index in [-0.39, 0.29) is 11.5 Å². The van der Waals surface area contributed by atoms with Gasteiger partial charge in [-0.15, -0.1) is 0 Å². The topological polar surface area (TPSA) is 15.6 Å². The summed E-state index contributed by atoms with van der Waals surface area (Å²) in [5, 5.41) is 2.39. The monoisotopic (exact) mass is 316 g/mol. The predicted octanol–water partition coefficient (Wildman–Crippen LogP) is 3.21. The van der Waals surface area contributed by atoms with Gasteiger partial charge >= 0.3 is 0 Å². The number of benzene rings is 2. The Kier molecular flexibility index (Phi) is 3.38. The molecule has 0 N–H and O–H groups in total. The standard InChI is InChI=1S/C22H24N2/c1-15-16(17-9-5-7-11-19(17)23-15)13-14-21-22(2,3)18-10-6-8-12-20(18)24(21)4/h5-15,21H,1-4H3/b14-13+/t15-,21+/m0/s1. The molecule has 0 fully saturated rings. The fraction of sp³-hybridized carbons (Fsp3) is 0.318. The summed E-state index contributed by atoms with van der Waals surface area (Å²) >= 11 is 0. The average Bonchev–Trinajstić information content (AvgIpc) is 2.99. The van der Waals surface area contributed by atoms with Gasteiger partial charge in [-0.3, -0.25) is 4.99 Å². The number of fused-ring (bicyclic) bond motifs is 2. The van der Waals surface area contributed by atoms with Crippen molar-refractivity contribution in [3.63, 3.8) is 0 Å². The number of likely N-dealkylation sites (N-methyl/N-ethyl adjacent to an activating group) is 1. The van der Waals surface area contributed by atoms with Gasteiger partial charge in [-0.05, 0) is 30.2 Å².